The smallest absolute Gasteiger partial charge is 0.269 e. The van der Waals surface area contributed by atoms with Gasteiger partial charge in [0.25, 0.3) is 5.69 Å². The van der Waals surface area contributed by atoms with E-state index in [9.17, 15) is 19.7 Å². The molecule has 12 heteroatoms. The molecule has 3 saturated heterocycles. The standard InChI is InChI=1S/C29H21N7O5/c37-28-21-22(29(38)33(28)16-11-13-19(14-12-16)36(39)40)27-25-23(26(21)41-27)24(32-34(25)17-7-3-1-4-8-17)20-15-30-35(31-20)18-9-5-2-6-10-18/h1-15,21-23,25-27H/t21-,22+,23+,25-,26-,27+/m1/s1. The number of aromatic nitrogens is 3. The minimum Gasteiger partial charge on any atom is -0.370 e. The second-order valence-electron chi connectivity index (χ2n) is 10.4. The summed E-state index contributed by atoms with van der Waals surface area (Å²) >= 11 is 0. The number of hydrazone groups is 1. The van der Waals surface area contributed by atoms with Gasteiger partial charge in [-0.25, -0.2) is 4.90 Å². The highest BCUT2D eigenvalue weighted by atomic mass is 16.6. The molecule has 0 N–H and O–H groups in total. The predicted octanol–water partition coefficient (Wildman–Crippen LogP) is 2.97. The first kappa shape index (κ1) is 23.6. The summed E-state index contributed by atoms with van der Waals surface area (Å²) in [4.78, 5) is 40.8. The van der Waals surface area contributed by atoms with Crippen molar-refractivity contribution in [3.05, 3.63) is 107 Å². The van der Waals surface area contributed by atoms with Crippen LogP contribution in [0, 0.1) is 27.9 Å². The Hall–Kier alpha value is -5.23. The molecule has 41 heavy (non-hydrogen) atoms. The van der Waals surface area contributed by atoms with Crippen LogP contribution in [0.1, 0.15) is 5.69 Å². The number of benzene rings is 3. The molecule has 0 saturated carbocycles. The number of non-ortho nitro benzene ring substituents is 1. The van der Waals surface area contributed by atoms with Crippen molar-refractivity contribution in [2.24, 2.45) is 22.9 Å². The van der Waals surface area contributed by atoms with Crippen LogP contribution in [-0.2, 0) is 14.3 Å². The Morgan fingerprint density at radius 2 is 1.39 bits per heavy atom. The fraction of sp³-hybridized carbons (Fsp3) is 0.207. The first-order chi connectivity index (χ1) is 20.0. The Balaban J connectivity index is 1.18. The molecule has 12 nitrogen and oxygen atoms in total. The Bertz CT molecular complexity index is 1740. The van der Waals surface area contributed by atoms with E-state index in [4.69, 9.17) is 14.9 Å². The number of hydrogen-bond donors (Lipinski definition) is 0. The molecule has 6 atom stereocenters. The maximum Gasteiger partial charge on any atom is 0.269 e. The molecule has 0 unspecified atom stereocenters. The summed E-state index contributed by atoms with van der Waals surface area (Å²) < 4.78 is 6.44. The molecule has 5 heterocycles. The van der Waals surface area contributed by atoms with Gasteiger partial charge < -0.3 is 4.74 Å². The van der Waals surface area contributed by atoms with E-state index in [1.807, 2.05) is 65.7 Å². The normalized spacial score (nSPS) is 27.8. The molecule has 3 aromatic carbocycles. The molecule has 0 spiro atoms. The predicted molar refractivity (Wildman–Crippen MR) is 145 cm³/mol. The van der Waals surface area contributed by atoms with Gasteiger partial charge in [0.1, 0.15) is 5.69 Å². The minimum absolute atomic E-state index is 0.117. The van der Waals surface area contributed by atoms with Crippen LogP contribution in [0.5, 0.6) is 0 Å². The van der Waals surface area contributed by atoms with Crippen molar-refractivity contribution in [1.29, 1.82) is 0 Å². The second kappa shape index (κ2) is 8.63. The van der Waals surface area contributed by atoms with E-state index in [0.717, 1.165) is 16.3 Å². The van der Waals surface area contributed by atoms with E-state index < -0.39 is 29.0 Å². The largest absolute Gasteiger partial charge is 0.370 e. The van der Waals surface area contributed by atoms with Crippen molar-refractivity contribution in [2.75, 3.05) is 9.91 Å². The van der Waals surface area contributed by atoms with Crippen LogP contribution >= 0.6 is 0 Å². The van der Waals surface area contributed by atoms with Crippen molar-refractivity contribution >= 4 is 34.6 Å². The molecule has 0 radical (unpaired) electrons. The lowest BCUT2D eigenvalue weighted by Gasteiger charge is -2.32. The first-order valence-corrected chi connectivity index (χ1v) is 13.2. The number of amides is 2. The lowest BCUT2D eigenvalue weighted by atomic mass is 9.70. The third-order valence-corrected chi connectivity index (χ3v) is 8.37. The molecular weight excluding hydrogens is 526 g/mol. The van der Waals surface area contributed by atoms with E-state index in [2.05, 4.69) is 5.10 Å². The van der Waals surface area contributed by atoms with Gasteiger partial charge in [-0.15, -0.1) is 5.10 Å². The number of para-hydroxylation sites is 2. The monoisotopic (exact) mass is 547 g/mol. The van der Waals surface area contributed by atoms with Gasteiger partial charge in [-0.2, -0.15) is 15.0 Å². The highest BCUT2D eigenvalue weighted by Gasteiger charge is 2.72. The third-order valence-electron chi connectivity index (χ3n) is 8.37. The summed E-state index contributed by atoms with van der Waals surface area (Å²) in [6, 6.07) is 24.3. The molecule has 0 aliphatic carbocycles. The van der Waals surface area contributed by atoms with Crippen molar-refractivity contribution in [1.82, 2.24) is 15.0 Å². The van der Waals surface area contributed by atoms with Crippen molar-refractivity contribution in [2.45, 2.75) is 18.2 Å². The Labute approximate surface area is 232 Å². The number of nitrogens with zero attached hydrogens (tertiary/aromatic N) is 7. The number of fused-ring (bicyclic) bond motifs is 8. The average Bonchev–Trinajstić information content (AvgIpc) is 3.81. The average molecular weight is 548 g/mol. The number of ether oxygens (including phenoxy) is 1. The van der Waals surface area contributed by atoms with Crippen molar-refractivity contribution in [3.63, 3.8) is 0 Å². The van der Waals surface area contributed by atoms with Gasteiger partial charge in [0.2, 0.25) is 11.8 Å². The lowest BCUT2D eigenvalue weighted by molar-refractivity contribution is -0.384. The molecule has 2 bridgehead atoms. The number of carbonyl (C=O) groups is 2. The summed E-state index contributed by atoms with van der Waals surface area (Å²) in [7, 11) is 0. The molecule has 4 aromatic rings. The number of nitro benzene ring substituents is 1. The van der Waals surface area contributed by atoms with Gasteiger partial charge in [0.15, 0.2) is 0 Å². The highest BCUT2D eigenvalue weighted by molar-refractivity contribution is 6.23. The van der Waals surface area contributed by atoms with E-state index in [1.165, 1.54) is 29.1 Å². The van der Waals surface area contributed by atoms with Crippen LogP contribution < -0.4 is 9.91 Å². The Morgan fingerprint density at radius 1 is 0.756 bits per heavy atom. The van der Waals surface area contributed by atoms with E-state index in [-0.39, 0.29) is 29.5 Å². The van der Waals surface area contributed by atoms with Gasteiger partial charge in [-0.1, -0.05) is 36.4 Å². The fourth-order valence-corrected chi connectivity index (χ4v) is 6.69. The van der Waals surface area contributed by atoms with Crippen LogP contribution in [0.3, 0.4) is 0 Å². The maximum atomic E-state index is 13.8. The summed E-state index contributed by atoms with van der Waals surface area (Å²) in [5, 5.41) is 27.2. The van der Waals surface area contributed by atoms with Crippen LogP contribution in [0.15, 0.2) is 96.2 Å². The Morgan fingerprint density at radius 3 is 2.05 bits per heavy atom. The van der Waals surface area contributed by atoms with Crippen LogP contribution in [0.4, 0.5) is 17.1 Å². The van der Waals surface area contributed by atoms with Crippen LogP contribution in [0.25, 0.3) is 5.69 Å². The summed E-state index contributed by atoms with van der Waals surface area (Å²) in [6.45, 7) is 0. The molecule has 4 aliphatic heterocycles. The fourth-order valence-electron chi connectivity index (χ4n) is 6.69. The zero-order valence-corrected chi connectivity index (χ0v) is 21.3. The zero-order chi connectivity index (χ0) is 27.8. The van der Waals surface area contributed by atoms with Gasteiger partial charge in [-0.05, 0) is 36.4 Å². The molecule has 202 valence electrons. The minimum atomic E-state index is -0.700. The van der Waals surface area contributed by atoms with E-state index in [0.29, 0.717) is 17.1 Å². The summed E-state index contributed by atoms with van der Waals surface area (Å²) in [5.74, 6) is -2.45. The second-order valence-corrected chi connectivity index (χ2v) is 10.4. The molecule has 3 fully saturated rings. The van der Waals surface area contributed by atoms with Crippen molar-refractivity contribution in [3.8, 4) is 5.69 Å². The quantitative estimate of drug-likeness (QED) is 0.211. The Kier molecular flexibility index (Phi) is 4.98. The highest BCUT2D eigenvalue weighted by Crippen LogP contribution is 2.56. The van der Waals surface area contributed by atoms with E-state index >= 15 is 0 Å². The maximum absolute atomic E-state index is 13.8. The number of imide groups is 1. The van der Waals surface area contributed by atoms with Gasteiger partial charge in [0, 0.05) is 12.1 Å². The number of anilines is 2. The van der Waals surface area contributed by atoms with Gasteiger partial charge >= 0.3 is 0 Å². The molecule has 4 aliphatic rings. The SMILES string of the molecule is O=C1[C@@H]2[C@@H]3O[C@@H]([C@H]4C(c5cnn(-c6ccccc6)n5)=NN(c5ccccc5)[C@@H]34)[C@@H]2C(=O)N1c1ccc([N+](=O)[O-])cc1. The van der Waals surface area contributed by atoms with E-state index in [1.54, 1.807) is 6.20 Å². The summed E-state index contributed by atoms with van der Waals surface area (Å²) in [6.07, 6.45) is 0.482. The van der Waals surface area contributed by atoms with Crippen LogP contribution in [-0.4, -0.2) is 55.7 Å². The number of nitro groups is 1. The molecule has 2 amide bonds. The first-order valence-electron chi connectivity index (χ1n) is 13.2. The third kappa shape index (κ3) is 3.34. The molecule has 8 rings (SSSR count). The van der Waals surface area contributed by atoms with Crippen molar-refractivity contribution < 1.29 is 19.2 Å². The number of rotatable bonds is 5. The van der Waals surface area contributed by atoms with Gasteiger partial charge in [0.05, 0.1) is 69.9 Å². The lowest BCUT2D eigenvalue weighted by Crippen LogP contribution is -2.50. The molecular formula is C29H21N7O5. The topological polar surface area (TPSA) is 136 Å². The molecule has 1 aromatic heterocycles. The number of carbonyl (C=O) groups excluding carboxylic acids is 2. The van der Waals surface area contributed by atoms with Gasteiger partial charge in [-0.3, -0.25) is 24.7 Å². The number of hydrogen-bond acceptors (Lipinski definition) is 9. The van der Waals surface area contributed by atoms with Crippen LogP contribution in [0.2, 0.25) is 0 Å². The summed E-state index contributed by atoms with van der Waals surface area (Å²) in [5.41, 5.74) is 3.05. The zero-order valence-electron chi connectivity index (χ0n) is 21.3.